The van der Waals surface area contributed by atoms with Crippen LogP contribution >= 0.6 is 0 Å². The van der Waals surface area contributed by atoms with Crippen molar-refractivity contribution >= 4 is 0 Å². The zero-order valence-corrected chi connectivity index (χ0v) is 11.7. The van der Waals surface area contributed by atoms with E-state index in [1.165, 1.54) is 12.8 Å². The molecule has 1 fully saturated rings. The lowest BCUT2D eigenvalue weighted by molar-refractivity contribution is 0.0750. The van der Waals surface area contributed by atoms with E-state index < -0.39 is 0 Å². The standard InChI is InChI=1S/C16H25NO/c1-12(2)13-9-10-15(17-3)16(11-13)18-14-7-5-4-6-8-14/h4-8,12-13,15-17H,9-11H2,1-3H3. The maximum atomic E-state index is 6.18. The van der Waals surface area contributed by atoms with E-state index in [1.807, 2.05) is 37.4 Å². The fourth-order valence-corrected chi connectivity index (χ4v) is 2.90. The van der Waals surface area contributed by atoms with Crippen LogP contribution in [0.1, 0.15) is 33.1 Å². The number of hydrogen-bond donors (Lipinski definition) is 1. The SMILES string of the molecule is CNC1CCC(C(C)C)CC1Oc1ccccc1. The highest BCUT2D eigenvalue weighted by Crippen LogP contribution is 2.32. The predicted molar refractivity (Wildman–Crippen MR) is 75.9 cm³/mol. The highest BCUT2D eigenvalue weighted by Gasteiger charge is 2.32. The second-order valence-corrected chi connectivity index (χ2v) is 5.68. The van der Waals surface area contributed by atoms with E-state index in [4.69, 9.17) is 4.74 Å². The summed E-state index contributed by atoms with van der Waals surface area (Å²) < 4.78 is 6.18. The molecule has 3 atom stereocenters. The van der Waals surface area contributed by atoms with Crippen LogP contribution in [0.5, 0.6) is 5.75 Å². The quantitative estimate of drug-likeness (QED) is 0.879. The fourth-order valence-electron chi connectivity index (χ4n) is 2.90. The van der Waals surface area contributed by atoms with Crippen molar-refractivity contribution in [2.45, 2.75) is 45.3 Å². The summed E-state index contributed by atoms with van der Waals surface area (Å²) in [4.78, 5) is 0. The van der Waals surface area contributed by atoms with Crippen LogP contribution in [0.4, 0.5) is 0 Å². The van der Waals surface area contributed by atoms with Crippen LogP contribution in [-0.4, -0.2) is 19.2 Å². The second kappa shape index (κ2) is 6.24. The molecule has 0 bridgehead atoms. The first-order chi connectivity index (χ1) is 8.70. The summed E-state index contributed by atoms with van der Waals surface area (Å²) in [6.07, 6.45) is 4.01. The molecule has 2 heteroatoms. The number of nitrogens with one attached hydrogen (secondary N) is 1. The molecule has 1 aromatic carbocycles. The van der Waals surface area contributed by atoms with Crippen molar-refractivity contribution in [3.05, 3.63) is 30.3 Å². The molecule has 0 aromatic heterocycles. The number of ether oxygens (including phenoxy) is 1. The van der Waals surface area contributed by atoms with Crippen molar-refractivity contribution in [2.24, 2.45) is 11.8 Å². The van der Waals surface area contributed by atoms with Gasteiger partial charge in [0.05, 0.1) is 0 Å². The van der Waals surface area contributed by atoms with Gasteiger partial charge in [0.15, 0.2) is 0 Å². The first-order valence-corrected chi connectivity index (χ1v) is 7.09. The molecule has 3 unspecified atom stereocenters. The molecule has 0 amide bonds. The summed E-state index contributed by atoms with van der Waals surface area (Å²) >= 11 is 0. The highest BCUT2D eigenvalue weighted by molar-refractivity contribution is 5.21. The van der Waals surface area contributed by atoms with Gasteiger partial charge in [0.2, 0.25) is 0 Å². The largest absolute Gasteiger partial charge is 0.489 e. The molecule has 0 spiro atoms. The molecule has 0 aliphatic heterocycles. The molecule has 0 radical (unpaired) electrons. The van der Waals surface area contributed by atoms with Gasteiger partial charge in [-0.25, -0.2) is 0 Å². The lowest BCUT2D eigenvalue weighted by atomic mass is 9.78. The summed E-state index contributed by atoms with van der Waals surface area (Å²) in [5.41, 5.74) is 0. The minimum absolute atomic E-state index is 0.304. The Hall–Kier alpha value is -1.02. The first-order valence-electron chi connectivity index (χ1n) is 7.09. The molecule has 0 saturated heterocycles. The maximum Gasteiger partial charge on any atom is 0.119 e. The van der Waals surface area contributed by atoms with Crippen molar-refractivity contribution in [2.75, 3.05) is 7.05 Å². The molecule has 2 rings (SSSR count). The Balaban J connectivity index is 2.02. The van der Waals surface area contributed by atoms with E-state index in [0.717, 1.165) is 24.0 Å². The Bertz CT molecular complexity index is 349. The lowest BCUT2D eigenvalue weighted by Gasteiger charge is -2.37. The van der Waals surface area contributed by atoms with Crippen LogP contribution in [0.3, 0.4) is 0 Å². The summed E-state index contributed by atoms with van der Waals surface area (Å²) in [5, 5.41) is 3.41. The number of likely N-dealkylation sites (N-methyl/N-ethyl adjacent to an activating group) is 1. The van der Waals surface area contributed by atoms with E-state index in [1.54, 1.807) is 0 Å². The average molecular weight is 247 g/mol. The van der Waals surface area contributed by atoms with E-state index in [-0.39, 0.29) is 0 Å². The number of rotatable bonds is 4. The van der Waals surface area contributed by atoms with Gasteiger partial charge >= 0.3 is 0 Å². The third kappa shape index (κ3) is 3.26. The first kappa shape index (κ1) is 13.4. The van der Waals surface area contributed by atoms with Crippen LogP contribution in [0.25, 0.3) is 0 Å². The van der Waals surface area contributed by atoms with Gasteiger partial charge in [-0.2, -0.15) is 0 Å². The van der Waals surface area contributed by atoms with Crippen molar-refractivity contribution in [3.63, 3.8) is 0 Å². The number of para-hydroxylation sites is 1. The predicted octanol–water partition coefficient (Wildman–Crippen LogP) is 3.48. The molecule has 18 heavy (non-hydrogen) atoms. The van der Waals surface area contributed by atoms with Gasteiger partial charge in [0.1, 0.15) is 11.9 Å². The second-order valence-electron chi connectivity index (χ2n) is 5.68. The van der Waals surface area contributed by atoms with Crippen molar-refractivity contribution in [1.29, 1.82) is 0 Å². The minimum Gasteiger partial charge on any atom is -0.489 e. The number of benzene rings is 1. The van der Waals surface area contributed by atoms with Crippen molar-refractivity contribution in [1.82, 2.24) is 5.32 Å². The molecular formula is C16H25NO. The average Bonchev–Trinajstić information content (AvgIpc) is 2.39. The Morgan fingerprint density at radius 2 is 1.89 bits per heavy atom. The summed E-state index contributed by atoms with van der Waals surface area (Å²) in [7, 11) is 2.04. The Morgan fingerprint density at radius 3 is 2.50 bits per heavy atom. The zero-order valence-electron chi connectivity index (χ0n) is 11.7. The fraction of sp³-hybridized carbons (Fsp3) is 0.625. The van der Waals surface area contributed by atoms with Gasteiger partial charge in [-0.15, -0.1) is 0 Å². The monoisotopic (exact) mass is 247 g/mol. The Labute approximate surface area is 111 Å². The molecular weight excluding hydrogens is 222 g/mol. The maximum absolute atomic E-state index is 6.18. The van der Waals surface area contributed by atoms with Gasteiger partial charge in [-0.05, 0) is 50.3 Å². The molecule has 1 N–H and O–H groups in total. The molecule has 1 saturated carbocycles. The third-order valence-corrected chi connectivity index (χ3v) is 4.18. The normalized spacial score (nSPS) is 28.3. The molecule has 1 aromatic rings. The van der Waals surface area contributed by atoms with Gasteiger partial charge in [0, 0.05) is 6.04 Å². The molecule has 2 nitrogen and oxygen atoms in total. The van der Waals surface area contributed by atoms with Crippen LogP contribution in [0, 0.1) is 11.8 Å². The highest BCUT2D eigenvalue weighted by atomic mass is 16.5. The van der Waals surface area contributed by atoms with E-state index in [9.17, 15) is 0 Å². The van der Waals surface area contributed by atoms with Crippen LogP contribution in [0.15, 0.2) is 30.3 Å². The van der Waals surface area contributed by atoms with E-state index in [0.29, 0.717) is 12.1 Å². The minimum atomic E-state index is 0.304. The van der Waals surface area contributed by atoms with Gasteiger partial charge < -0.3 is 10.1 Å². The summed E-state index contributed by atoms with van der Waals surface area (Å²) in [6, 6.07) is 10.7. The van der Waals surface area contributed by atoms with Crippen LogP contribution in [0.2, 0.25) is 0 Å². The lowest BCUT2D eigenvalue weighted by Crippen LogP contribution is -2.46. The van der Waals surface area contributed by atoms with E-state index in [2.05, 4.69) is 19.2 Å². The van der Waals surface area contributed by atoms with Crippen LogP contribution < -0.4 is 10.1 Å². The van der Waals surface area contributed by atoms with Gasteiger partial charge in [0.25, 0.3) is 0 Å². The topological polar surface area (TPSA) is 21.3 Å². The Morgan fingerprint density at radius 1 is 1.17 bits per heavy atom. The number of hydrogen-bond acceptors (Lipinski definition) is 2. The summed E-state index contributed by atoms with van der Waals surface area (Å²) in [6.45, 7) is 4.65. The smallest absolute Gasteiger partial charge is 0.119 e. The third-order valence-electron chi connectivity index (χ3n) is 4.18. The summed E-state index contributed by atoms with van der Waals surface area (Å²) in [5.74, 6) is 2.54. The molecule has 1 aliphatic carbocycles. The van der Waals surface area contributed by atoms with Crippen LogP contribution in [-0.2, 0) is 0 Å². The van der Waals surface area contributed by atoms with Gasteiger partial charge in [-0.3, -0.25) is 0 Å². The van der Waals surface area contributed by atoms with Gasteiger partial charge in [-0.1, -0.05) is 32.0 Å². The van der Waals surface area contributed by atoms with E-state index >= 15 is 0 Å². The molecule has 100 valence electrons. The molecule has 0 heterocycles. The Kier molecular flexibility index (Phi) is 4.65. The zero-order chi connectivity index (χ0) is 13.0. The van der Waals surface area contributed by atoms with Crippen molar-refractivity contribution in [3.8, 4) is 5.75 Å². The molecule has 1 aliphatic rings. The van der Waals surface area contributed by atoms with Crippen molar-refractivity contribution < 1.29 is 4.74 Å².